The third-order valence-corrected chi connectivity index (χ3v) is 10.2. The molecule has 0 aromatic heterocycles. The first-order valence-electron chi connectivity index (χ1n) is 22.7. The Balaban J connectivity index is 4.72. The molecule has 0 bridgehead atoms. The van der Waals surface area contributed by atoms with E-state index >= 15 is 0 Å². The molecule has 0 saturated heterocycles. The number of unbranched alkanes of at least 4 members (excludes halogenated alkanes) is 7. The van der Waals surface area contributed by atoms with Gasteiger partial charge in [-0.3, -0.25) is 23.2 Å². The molecule has 0 rings (SSSR count). The van der Waals surface area contributed by atoms with Crippen molar-refractivity contribution in [3.8, 4) is 0 Å². The van der Waals surface area contributed by atoms with Crippen LogP contribution in [-0.4, -0.2) is 81.6 Å². The van der Waals surface area contributed by atoms with Crippen molar-refractivity contribution in [2.75, 3.05) is 26.4 Å². The van der Waals surface area contributed by atoms with Gasteiger partial charge in [0.1, 0.15) is 12.7 Å². The van der Waals surface area contributed by atoms with Crippen molar-refractivity contribution < 1.29 is 66.7 Å². The molecule has 4 atom stereocenters. The zero-order chi connectivity index (χ0) is 47.4. The van der Waals surface area contributed by atoms with Gasteiger partial charge in [-0.1, -0.05) is 142 Å². The second-order valence-electron chi connectivity index (χ2n) is 14.8. The quantitative estimate of drug-likeness (QED) is 0.0127. The van der Waals surface area contributed by atoms with Gasteiger partial charge in [0, 0.05) is 12.8 Å². The summed E-state index contributed by atoms with van der Waals surface area (Å²) in [5.41, 5.74) is 0. The van der Waals surface area contributed by atoms with E-state index in [1.807, 2.05) is 36.5 Å². The predicted octanol–water partition coefficient (Wildman–Crippen LogP) is 10.9. The van der Waals surface area contributed by atoms with Gasteiger partial charge >= 0.3 is 27.6 Å². The third-order valence-electron chi connectivity index (χ3n) is 8.72. The minimum Gasteiger partial charge on any atom is -0.462 e. The van der Waals surface area contributed by atoms with Crippen LogP contribution in [0.4, 0.5) is 0 Å². The Bertz CT molecular complexity index is 1560. The Hall–Kier alpha value is -3.26. The zero-order valence-corrected chi connectivity index (χ0v) is 40.0. The normalized spacial score (nSPS) is 15.4. The second-order valence-corrected chi connectivity index (χ2v) is 17.5. The lowest BCUT2D eigenvalue weighted by Gasteiger charge is -2.20. The van der Waals surface area contributed by atoms with Gasteiger partial charge in [-0.15, -0.1) is 0 Å². The molecular formula is C48H78O14P2. The number of phosphoric ester groups is 2. The summed E-state index contributed by atoms with van der Waals surface area (Å²) < 4.78 is 47.7. The van der Waals surface area contributed by atoms with Crippen molar-refractivity contribution in [3.05, 3.63) is 109 Å². The molecule has 364 valence electrons. The topological polar surface area (TPSA) is 216 Å². The van der Waals surface area contributed by atoms with E-state index in [0.717, 1.165) is 57.8 Å². The first-order valence-corrected chi connectivity index (χ1v) is 25.7. The maximum Gasteiger partial charge on any atom is 0.472 e. The van der Waals surface area contributed by atoms with Crippen LogP contribution in [0.2, 0.25) is 0 Å². The molecule has 0 heterocycles. The summed E-state index contributed by atoms with van der Waals surface area (Å²) in [6, 6.07) is 0. The number of aliphatic hydroxyl groups excluding tert-OH is 2. The number of rotatable bonds is 41. The summed E-state index contributed by atoms with van der Waals surface area (Å²) in [5, 5.41) is 19.8. The van der Waals surface area contributed by atoms with Crippen LogP contribution in [0, 0.1) is 0 Å². The lowest BCUT2D eigenvalue weighted by atomic mass is 10.1. The average molecular weight is 941 g/mol. The monoisotopic (exact) mass is 940 g/mol. The highest BCUT2D eigenvalue weighted by Crippen LogP contribution is 2.43. The summed E-state index contributed by atoms with van der Waals surface area (Å²) in [5.74, 6) is -1.19. The Morgan fingerprint density at radius 3 is 1.66 bits per heavy atom. The maximum absolute atomic E-state index is 12.7. The summed E-state index contributed by atoms with van der Waals surface area (Å²) in [6.45, 7) is 1.41. The van der Waals surface area contributed by atoms with Crippen molar-refractivity contribution in [1.82, 2.24) is 0 Å². The summed E-state index contributed by atoms with van der Waals surface area (Å²) in [6.07, 6.45) is 48.2. The molecule has 0 aromatic rings. The lowest BCUT2D eigenvalue weighted by Crippen LogP contribution is -2.29. The highest BCUT2D eigenvalue weighted by atomic mass is 31.2. The van der Waals surface area contributed by atoms with E-state index in [9.17, 15) is 33.8 Å². The molecule has 0 aliphatic heterocycles. The SMILES string of the molecule is CC/C=C\C/C=C\C/C=C\C/C=C\C/C=C\CCCCCC(=O)OC[C@H](COP(=O)(O)OC[C@@H](O)COP(=O)(O)O)OC(=O)CCC/C=C/C/C=C\C[C@@H](O)/C=C\C=C/CCCCC. The van der Waals surface area contributed by atoms with Crippen molar-refractivity contribution in [3.63, 3.8) is 0 Å². The van der Waals surface area contributed by atoms with Crippen LogP contribution >= 0.6 is 15.6 Å². The summed E-state index contributed by atoms with van der Waals surface area (Å²) in [4.78, 5) is 52.7. The van der Waals surface area contributed by atoms with Gasteiger partial charge in [0.2, 0.25) is 0 Å². The first-order chi connectivity index (χ1) is 30.8. The fourth-order valence-electron chi connectivity index (χ4n) is 5.27. The third kappa shape index (κ3) is 45.3. The van der Waals surface area contributed by atoms with E-state index in [2.05, 4.69) is 89.7 Å². The smallest absolute Gasteiger partial charge is 0.462 e. The van der Waals surface area contributed by atoms with E-state index in [-0.39, 0.29) is 12.8 Å². The number of hydrogen-bond acceptors (Lipinski definition) is 11. The number of phosphoric acid groups is 2. The molecular weight excluding hydrogens is 862 g/mol. The number of ether oxygens (including phenoxy) is 2. The fourth-order valence-corrected chi connectivity index (χ4v) is 6.42. The van der Waals surface area contributed by atoms with Crippen LogP contribution in [-0.2, 0) is 41.8 Å². The molecule has 0 spiro atoms. The number of esters is 2. The van der Waals surface area contributed by atoms with Gasteiger partial charge in [-0.05, 0) is 89.9 Å². The van der Waals surface area contributed by atoms with E-state index in [1.165, 1.54) is 19.3 Å². The van der Waals surface area contributed by atoms with E-state index in [4.69, 9.17) is 23.8 Å². The lowest BCUT2D eigenvalue weighted by molar-refractivity contribution is -0.161. The van der Waals surface area contributed by atoms with Gasteiger partial charge in [0.05, 0.1) is 25.9 Å². The Kier molecular flexibility index (Phi) is 40.2. The molecule has 5 N–H and O–H groups in total. The molecule has 0 amide bonds. The van der Waals surface area contributed by atoms with Gasteiger partial charge in [-0.2, -0.15) is 0 Å². The van der Waals surface area contributed by atoms with Crippen LogP contribution in [0.3, 0.4) is 0 Å². The van der Waals surface area contributed by atoms with Gasteiger partial charge in [0.15, 0.2) is 6.10 Å². The second kappa shape index (κ2) is 42.4. The fraction of sp³-hybridized carbons (Fsp3) is 0.583. The molecule has 14 nitrogen and oxygen atoms in total. The summed E-state index contributed by atoms with van der Waals surface area (Å²) >= 11 is 0. The minimum absolute atomic E-state index is 0.00708. The minimum atomic E-state index is -4.89. The average Bonchev–Trinajstić information content (AvgIpc) is 3.25. The Labute approximate surface area is 383 Å². The molecule has 0 aliphatic carbocycles. The van der Waals surface area contributed by atoms with Crippen molar-refractivity contribution in [1.29, 1.82) is 0 Å². The molecule has 0 radical (unpaired) electrons. The van der Waals surface area contributed by atoms with Gasteiger partial charge < -0.3 is 34.4 Å². The van der Waals surface area contributed by atoms with Crippen molar-refractivity contribution >= 4 is 27.6 Å². The van der Waals surface area contributed by atoms with E-state index in [1.54, 1.807) is 6.08 Å². The maximum atomic E-state index is 12.7. The Morgan fingerprint density at radius 1 is 0.531 bits per heavy atom. The van der Waals surface area contributed by atoms with Gasteiger partial charge in [-0.25, -0.2) is 9.13 Å². The molecule has 64 heavy (non-hydrogen) atoms. The summed E-state index contributed by atoms with van der Waals surface area (Å²) in [7, 11) is -9.74. The van der Waals surface area contributed by atoms with Crippen LogP contribution in [0.15, 0.2) is 109 Å². The van der Waals surface area contributed by atoms with E-state index in [0.29, 0.717) is 32.1 Å². The Morgan fingerprint density at radius 2 is 1.05 bits per heavy atom. The highest BCUT2D eigenvalue weighted by Gasteiger charge is 2.28. The largest absolute Gasteiger partial charge is 0.472 e. The standard InChI is InChI=1S/C48H78O14P2/c1-3-5-7-9-11-12-13-14-15-16-17-18-19-20-21-22-26-30-34-38-47(51)58-42-46(43-61-64(56,57)60-41-45(50)40-59-63(53,54)55)62-48(52)39-35-31-27-23-25-29-33-37-44(49)36-32-28-24-10-8-6-4-2/h5,7,11-12,14-15,17-18,20-21,23-24,27-29,32-33,36,44-46,49-50H,3-4,6,8-10,13,16,19,22,25-26,30-31,34-35,37-43H2,1-2H3,(H,56,57)(H2,53,54,55)/b7-5-,12-11-,15-14-,18-17-,21-20-,27-23+,28-24-,33-29-,36-32-/t44-,45-,46+/m0/s1. The number of carbonyl (C=O) groups is 2. The molecule has 0 aromatic carbocycles. The number of aliphatic hydroxyl groups is 2. The van der Waals surface area contributed by atoms with Crippen molar-refractivity contribution in [2.45, 2.75) is 154 Å². The van der Waals surface area contributed by atoms with Crippen LogP contribution in [0.5, 0.6) is 0 Å². The first kappa shape index (κ1) is 60.7. The van der Waals surface area contributed by atoms with Crippen LogP contribution < -0.4 is 0 Å². The molecule has 0 fully saturated rings. The number of hydrogen-bond donors (Lipinski definition) is 5. The number of carbonyl (C=O) groups excluding carboxylic acids is 2. The number of allylic oxidation sites excluding steroid dienone is 16. The zero-order valence-electron chi connectivity index (χ0n) is 38.2. The molecule has 1 unspecified atom stereocenters. The highest BCUT2D eigenvalue weighted by molar-refractivity contribution is 7.47. The molecule has 0 saturated carbocycles. The van der Waals surface area contributed by atoms with E-state index < -0.39 is 72.3 Å². The molecule has 0 aliphatic rings. The predicted molar refractivity (Wildman–Crippen MR) is 254 cm³/mol. The van der Waals surface area contributed by atoms with Crippen LogP contribution in [0.1, 0.15) is 136 Å². The van der Waals surface area contributed by atoms with Crippen molar-refractivity contribution in [2.24, 2.45) is 0 Å². The molecule has 16 heteroatoms. The van der Waals surface area contributed by atoms with Gasteiger partial charge in [0.25, 0.3) is 0 Å². The van der Waals surface area contributed by atoms with Crippen LogP contribution in [0.25, 0.3) is 0 Å².